The van der Waals surface area contributed by atoms with Gasteiger partial charge in [0.05, 0.1) is 5.25 Å². The Labute approximate surface area is 77.5 Å². The minimum Gasteiger partial charge on any atom is -0.465 e. The zero-order chi connectivity index (χ0) is 9.14. The highest BCUT2D eigenvalue weighted by atomic mass is 32.2. The Morgan fingerprint density at radius 3 is 2.50 bits per heavy atom. The van der Waals surface area contributed by atoms with Gasteiger partial charge in [-0.25, -0.2) is 0 Å². The van der Waals surface area contributed by atoms with Crippen LogP contribution in [-0.2, 0) is 0 Å². The van der Waals surface area contributed by atoms with Crippen molar-refractivity contribution in [3.05, 3.63) is 23.7 Å². The molecule has 1 heterocycles. The van der Waals surface area contributed by atoms with Crippen LogP contribution in [0.3, 0.4) is 0 Å². The summed E-state index contributed by atoms with van der Waals surface area (Å²) in [5.74, 6) is 1.93. The molecular weight excluding hydrogens is 170 g/mol. The number of nitrogens with two attached hydrogens (primary N) is 1. The van der Waals surface area contributed by atoms with Crippen molar-refractivity contribution < 1.29 is 4.42 Å². The van der Waals surface area contributed by atoms with Crippen LogP contribution in [0.5, 0.6) is 0 Å². The molecule has 2 atom stereocenters. The van der Waals surface area contributed by atoms with E-state index in [0.29, 0.717) is 0 Å². The van der Waals surface area contributed by atoms with Crippen molar-refractivity contribution in [1.29, 1.82) is 0 Å². The molecule has 68 valence electrons. The Balaban J connectivity index is 2.80. The van der Waals surface area contributed by atoms with E-state index in [2.05, 4.69) is 0 Å². The molecule has 0 spiro atoms. The van der Waals surface area contributed by atoms with Crippen LogP contribution in [0.2, 0.25) is 0 Å². The second-order valence-electron chi connectivity index (χ2n) is 2.96. The third-order valence-electron chi connectivity index (χ3n) is 1.77. The molecule has 0 aliphatic carbocycles. The molecular formula is C9H15NOS. The van der Waals surface area contributed by atoms with Crippen molar-refractivity contribution in [2.75, 3.05) is 6.26 Å². The molecule has 1 aromatic heterocycles. The topological polar surface area (TPSA) is 39.2 Å². The Bertz CT molecular complexity index is 244. The van der Waals surface area contributed by atoms with Gasteiger partial charge < -0.3 is 10.2 Å². The number of hydrogen-bond acceptors (Lipinski definition) is 3. The average molecular weight is 185 g/mol. The van der Waals surface area contributed by atoms with Crippen molar-refractivity contribution >= 4 is 11.8 Å². The van der Waals surface area contributed by atoms with E-state index in [1.165, 1.54) is 0 Å². The molecule has 0 aromatic carbocycles. The smallest absolute Gasteiger partial charge is 0.118 e. The van der Waals surface area contributed by atoms with E-state index in [9.17, 15) is 0 Å². The molecule has 0 aliphatic heterocycles. The lowest BCUT2D eigenvalue weighted by atomic mass is 10.2. The van der Waals surface area contributed by atoms with Crippen LogP contribution >= 0.6 is 11.8 Å². The fraction of sp³-hybridized carbons (Fsp3) is 0.556. The number of rotatable bonds is 3. The van der Waals surface area contributed by atoms with Gasteiger partial charge in [0.2, 0.25) is 0 Å². The SMILES string of the molecule is CSC(c1ccc(C)o1)C(C)N. The van der Waals surface area contributed by atoms with Gasteiger partial charge in [-0.1, -0.05) is 0 Å². The fourth-order valence-electron chi connectivity index (χ4n) is 1.20. The molecule has 0 fully saturated rings. The second kappa shape index (κ2) is 4.01. The molecule has 1 rings (SSSR count). The summed E-state index contributed by atoms with van der Waals surface area (Å²) in [6.07, 6.45) is 2.05. The molecule has 2 nitrogen and oxygen atoms in total. The summed E-state index contributed by atoms with van der Waals surface area (Å²) in [6.45, 7) is 3.95. The lowest BCUT2D eigenvalue weighted by Gasteiger charge is -2.15. The fourth-order valence-corrected chi connectivity index (χ4v) is 1.98. The predicted octanol–water partition coefficient (Wildman–Crippen LogP) is 2.34. The van der Waals surface area contributed by atoms with Crippen molar-refractivity contribution in [1.82, 2.24) is 0 Å². The summed E-state index contributed by atoms with van der Waals surface area (Å²) in [7, 11) is 0. The quantitative estimate of drug-likeness (QED) is 0.785. The number of aryl methyl sites for hydroxylation is 1. The van der Waals surface area contributed by atoms with E-state index in [1.807, 2.05) is 32.2 Å². The van der Waals surface area contributed by atoms with Gasteiger partial charge in [-0.3, -0.25) is 0 Å². The van der Waals surface area contributed by atoms with E-state index in [-0.39, 0.29) is 11.3 Å². The number of thioether (sulfide) groups is 1. The molecule has 2 N–H and O–H groups in total. The normalized spacial score (nSPS) is 16.0. The first kappa shape index (κ1) is 9.68. The molecule has 0 bridgehead atoms. The summed E-state index contributed by atoms with van der Waals surface area (Å²) in [4.78, 5) is 0. The van der Waals surface area contributed by atoms with Crippen molar-refractivity contribution in [2.45, 2.75) is 25.1 Å². The Kier molecular flexibility index (Phi) is 3.23. The van der Waals surface area contributed by atoms with Crippen molar-refractivity contribution in [2.24, 2.45) is 5.73 Å². The van der Waals surface area contributed by atoms with Crippen LogP contribution in [0, 0.1) is 6.92 Å². The van der Waals surface area contributed by atoms with E-state index in [0.717, 1.165) is 11.5 Å². The largest absolute Gasteiger partial charge is 0.465 e. The zero-order valence-corrected chi connectivity index (χ0v) is 8.52. The van der Waals surface area contributed by atoms with Crippen molar-refractivity contribution in [3.63, 3.8) is 0 Å². The lowest BCUT2D eigenvalue weighted by molar-refractivity contribution is 0.465. The molecule has 0 aliphatic rings. The summed E-state index contributed by atoms with van der Waals surface area (Å²) >= 11 is 1.73. The first-order chi connectivity index (χ1) is 5.65. The van der Waals surface area contributed by atoms with E-state index < -0.39 is 0 Å². The highest BCUT2D eigenvalue weighted by Gasteiger charge is 2.17. The molecule has 12 heavy (non-hydrogen) atoms. The van der Waals surface area contributed by atoms with E-state index in [1.54, 1.807) is 11.8 Å². The molecule has 0 saturated heterocycles. The van der Waals surface area contributed by atoms with Gasteiger partial charge in [-0.15, -0.1) is 0 Å². The first-order valence-corrected chi connectivity index (χ1v) is 5.28. The van der Waals surface area contributed by atoms with Gasteiger partial charge in [-0.2, -0.15) is 11.8 Å². The molecule has 1 aromatic rings. The van der Waals surface area contributed by atoms with Crippen LogP contribution < -0.4 is 5.73 Å². The molecule has 0 amide bonds. The maximum atomic E-state index is 5.81. The third kappa shape index (κ3) is 2.05. The molecule has 2 unspecified atom stereocenters. The third-order valence-corrected chi connectivity index (χ3v) is 2.94. The highest BCUT2D eigenvalue weighted by Crippen LogP contribution is 2.30. The van der Waals surface area contributed by atoms with Gasteiger partial charge in [0.15, 0.2) is 0 Å². The number of hydrogen-bond donors (Lipinski definition) is 1. The van der Waals surface area contributed by atoms with E-state index in [4.69, 9.17) is 10.2 Å². The second-order valence-corrected chi connectivity index (χ2v) is 3.94. The molecule has 0 saturated carbocycles. The summed E-state index contributed by atoms with van der Waals surface area (Å²) in [5, 5.41) is 0.277. The zero-order valence-electron chi connectivity index (χ0n) is 7.70. The van der Waals surface area contributed by atoms with Crippen LogP contribution in [0.25, 0.3) is 0 Å². The summed E-state index contributed by atoms with van der Waals surface area (Å²) in [5.41, 5.74) is 5.81. The van der Waals surface area contributed by atoms with Crippen LogP contribution in [-0.4, -0.2) is 12.3 Å². The average Bonchev–Trinajstić information content (AvgIpc) is 2.37. The Hall–Kier alpha value is -0.410. The standard InChI is InChI=1S/C9H15NOS/c1-6-4-5-8(11-6)9(12-3)7(2)10/h4-5,7,9H,10H2,1-3H3. The highest BCUT2D eigenvalue weighted by molar-refractivity contribution is 7.98. The van der Waals surface area contributed by atoms with Crippen LogP contribution in [0.4, 0.5) is 0 Å². The number of furan rings is 1. The summed E-state index contributed by atoms with van der Waals surface area (Å²) < 4.78 is 5.50. The van der Waals surface area contributed by atoms with Gasteiger partial charge in [-0.05, 0) is 32.2 Å². The predicted molar refractivity (Wildman–Crippen MR) is 53.4 cm³/mol. The first-order valence-electron chi connectivity index (χ1n) is 4.00. The summed E-state index contributed by atoms with van der Waals surface area (Å²) in [6, 6.07) is 4.10. The lowest BCUT2D eigenvalue weighted by Crippen LogP contribution is -2.21. The minimum atomic E-state index is 0.130. The van der Waals surface area contributed by atoms with Gasteiger partial charge in [0.25, 0.3) is 0 Å². The van der Waals surface area contributed by atoms with Gasteiger partial charge >= 0.3 is 0 Å². The maximum Gasteiger partial charge on any atom is 0.118 e. The van der Waals surface area contributed by atoms with Crippen LogP contribution in [0.15, 0.2) is 16.5 Å². The van der Waals surface area contributed by atoms with Gasteiger partial charge in [0.1, 0.15) is 11.5 Å². The van der Waals surface area contributed by atoms with Crippen molar-refractivity contribution in [3.8, 4) is 0 Å². The Morgan fingerprint density at radius 1 is 1.50 bits per heavy atom. The van der Waals surface area contributed by atoms with E-state index >= 15 is 0 Å². The van der Waals surface area contributed by atoms with Gasteiger partial charge in [0, 0.05) is 6.04 Å². The maximum absolute atomic E-state index is 5.81. The monoisotopic (exact) mass is 185 g/mol. The molecule has 3 heteroatoms. The minimum absolute atomic E-state index is 0.130. The Morgan fingerprint density at radius 2 is 2.17 bits per heavy atom. The molecule has 0 radical (unpaired) electrons. The van der Waals surface area contributed by atoms with Crippen LogP contribution in [0.1, 0.15) is 23.7 Å².